The zero-order valence-corrected chi connectivity index (χ0v) is 55.8. The van der Waals surface area contributed by atoms with Crippen LogP contribution in [0, 0.1) is 6.92 Å². The first kappa shape index (κ1) is 69.5. The summed E-state index contributed by atoms with van der Waals surface area (Å²) in [7, 11) is 4.65. The monoisotopic (exact) mass is 1340 g/mol. The van der Waals surface area contributed by atoms with E-state index in [1.54, 1.807) is 14.0 Å². The first-order valence-electron chi connectivity index (χ1n) is 32.9. The third-order valence-electron chi connectivity index (χ3n) is 17.8. The number of anilines is 3. The van der Waals surface area contributed by atoms with Crippen LogP contribution in [0.4, 0.5) is 17.1 Å². The molecule has 5 amide bonds. The second kappa shape index (κ2) is 30.6. The number of nitrogens with zero attached hydrogens (tertiary/aromatic N) is 13. The Morgan fingerprint density at radius 1 is 0.551 bits per heavy atom. The number of benzene rings is 3. The van der Waals surface area contributed by atoms with Crippen molar-refractivity contribution < 1.29 is 39.3 Å². The molecule has 30 nitrogen and oxygen atoms in total. The smallest absolute Gasteiger partial charge is 0.296 e. The van der Waals surface area contributed by atoms with E-state index >= 15 is 0 Å². The van der Waals surface area contributed by atoms with Gasteiger partial charge >= 0.3 is 0 Å². The number of carbonyl (C=O) groups excluding carboxylic acids is 5. The van der Waals surface area contributed by atoms with Crippen LogP contribution >= 0.6 is 0 Å². The third-order valence-corrected chi connectivity index (χ3v) is 17.8. The maximum Gasteiger partial charge on any atom is 0.296 e. The maximum atomic E-state index is 12.8. The average molecular weight is 1340 g/mol. The second-order valence-corrected chi connectivity index (χ2v) is 23.8. The highest BCUT2D eigenvalue weighted by Crippen LogP contribution is 2.46. The Hall–Kier alpha value is -11.3. The van der Waals surface area contributed by atoms with Gasteiger partial charge in [0.05, 0.1) is 69.3 Å². The number of aromatic hydroxyl groups is 3. The normalized spacial score (nSPS) is 17.5. The Balaban J connectivity index is 0.000000147. The molecule has 514 valence electrons. The number of rotatable bonds is 12. The van der Waals surface area contributed by atoms with Crippen LogP contribution in [0.5, 0.6) is 17.2 Å². The van der Waals surface area contributed by atoms with E-state index in [9.17, 15) is 53.7 Å². The molecule has 15 rings (SSSR count). The van der Waals surface area contributed by atoms with Crippen molar-refractivity contribution in [2.24, 2.45) is 21.1 Å². The van der Waals surface area contributed by atoms with Crippen molar-refractivity contribution in [3.05, 3.63) is 145 Å². The number of hydrogen-bond donors (Lipinski definition) is 9. The van der Waals surface area contributed by atoms with Gasteiger partial charge in [0.2, 0.25) is 35.5 Å². The molecule has 9 N–H and O–H groups in total. The SMILES string of the molecule is CC.CC.Cc1nc(C2Nc3ccccc3N2C2CCC2)n(C)c(=O)c1O.Cn1c(-c2nc3ccccc3n2C2CCC2)nc(C(=O)NC2CNC(=O)C2)c(O)c1=O.Cn1c(-c2nc3ccccc3n2C2CCC2)nc(C(=O)NC2CNC(=O)C2)c(O)c1=O.O=CNc1cncnc1. The lowest BCUT2D eigenvalue weighted by Gasteiger charge is -2.40. The van der Waals surface area contributed by atoms with Gasteiger partial charge < -0.3 is 61.3 Å². The highest BCUT2D eigenvalue weighted by molar-refractivity contribution is 5.97. The van der Waals surface area contributed by atoms with Gasteiger partial charge in [-0.25, -0.2) is 34.9 Å². The summed E-state index contributed by atoms with van der Waals surface area (Å²) in [5, 5.41) is 47.0. The summed E-state index contributed by atoms with van der Waals surface area (Å²) in [4.78, 5) is 128. The van der Waals surface area contributed by atoms with Crippen molar-refractivity contribution >= 4 is 69.2 Å². The molecule has 0 bridgehead atoms. The summed E-state index contributed by atoms with van der Waals surface area (Å²) >= 11 is 0. The number of amides is 5. The van der Waals surface area contributed by atoms with E-state index in [4.69, 9.17) is 9.97 Å². The lowest BCUT2D eigenvalue weighted by Crippen LogP contribution is -2.44. The molecule has 3 aliphatic heterocycles. The summed E-state index contributed by atoms with van der Waals surface area (Å²) in [6, 6.07) is 23.7. The number of para-hydroxylation sites is 6. The third kappa shape index (κ3) is 14.2. The van der Waals surface area contributed by atoms with E-state index in [1.807, 2.05) is 94.4 Å². The van der Waals surface area contributed by atoms with Gasteiger partial charge in [-0.2, -0.15) is 0 Å². The zero-order valence-electron chi connectivity index (χ0n) is 55.8. The molecular weight excluding hydrogens is 1260 g/mol. The van der Waals surface area contributed by atoms with E-state index in [2.05, 4.69) is 76.9 Å². The highest BCUT2D eigenvalue weighted by Gasteiger charge is 2.40. The zero-order chi connectivity index (χ0) is 70.1. The summed E-state index contributed by atoms with van der Waals surface area (Å²) in [5.74, 6) is -1.46. The first-order valence-corrected chi connectivity index (χ1v) is 32.9. The van der Waals surface area contributed by atoms with E-state index in [0.717, 1.165) is 84.8 Å². The van der Waals surface area contributed by atoms with E-state index < -0.39 is 52.1 Å². The molecule has 5 fully saturated rings. The molecule has 3 aliphatic carbocycles. The molecule has 6 aliphatic rings. The molecular formula is C68H81N19O11. The minimum absolute atomic E-state index is 0.141. The quantitative estimate of drug-likeness (QED) is 0.0627. The minimum atomic E-state index is -0.733. The predicted molar refractivity (Wildman–Crippen MR) is 366 cm³/mol. The molecule has 98 heavy (non-hydrogen) atoms. The van der Waals surface area contributed by atoms with Crippen molar-refractivity contribution in [2.75, 3.05) is 28.6 Å². The summed E-state index contributed by atoms with van der Waals surface area (Å²) in [5.41, 5.74) is 3.99. The lowest BCUT2D eigenvalue weighted by molar-refractivity contribution is -0.120. The van der Waals surface area contributed by atoms with Crippen LogP contribution in [0.25, 0.3) is 45.4 Å². The van der Waals surface area contributed by atoms with Gasteiger partial charge in [0.15, 0.2) is 46.7 Å². The Morgan fingerprint density at radius 2 is 0.990 bits per heavy atom. The minimum Gasteiger partial charge on any atom is -0.502 e. The molecule has 6 aromatic heterocycles. The molecule has 30 heteroatoms. The van der Waals surface area contributed by atoms with Crippen LogP contribution < -0.4 is 53.5 Å². The Morgan fingerprint density at radius 3 is 1.42 bits per heavy atom. The number of imidazole rings is 2. The van der Waals surface area contributed by atoms with E-state index in [-0.39, 0.29) is 71.7 Å². The van der Waals surface area contributed by atoms with Gasteiger partial charge in [-0.15, -0.1) is 0 Å². The van der Waals surface area contributed by atoms with Crippen molar-refractivity contribution in [3.8, 4) is 40.5 Å². The van der Waals surface area contributed by atoms with E-state index in [0.29, 0.717) is 54.4 Å². The fraction of sp³-hybridized carbons (Fsp3) is 0.397. The Bertz CT molecular complexity index is 4430. The number of fused-ring (bicyclic) bond motifs is 3. The lowest BCUT2D eigenvalue weighted by atomic mass is 9.91. The van der Waals surface area contributed by atoms with Gasteiger partial charge in [0.1, 0.15) is 6.33 Å². The van der Waals surface area contributed by atoms with Crippen LogP contribution in [0.1, 0.15) is 149 Å². The van der Waals surface area contributed by atoms with Gasteiger partial charge in [-0.3, -0.25) is 52.1 Å². The van der Waals surface area contributed by atoms with Crippen molar-refractivity contribution in [1.29, 1.82) is 0 Å². The Kier molecular flexibility index (Phi) is 21.7. The molecule has 3 unspecified atom stereocenters. The molecule has 9 aromatic rings. The van der Waals surface area contributed by atoms with Crippen molar-refractivity contribution in [3.63, 3.8) is 0 Å². The van der Waals surface area contributed by atoms with Crippen LogP contribution in [-0.2, 0) is 35.5 Å². The first-order chi connectivity index (χ1) is 47.4. The van der Waals surface area contributed by atoms with Crippen LogP contribution in [0.2, 0.25) is 0 Å². The number of carbonyl (C=O) groups is 5. The van der Waals surface area contributed by atoms with Gasteiger partial charge in [-0.1, -0.05) is 64.1 Å². The van der Waals surface area contributed by atoms with Crippen LogP contribution in [0.15, 0.2) is 106 Å². The maximum absolute atomic E-state index is 12.8. The fourth-order valence-corrected chi connectivity index (χ4v) is 12.1. The molecule has 0 radical (unpaired) electrons. The van der Waals surface area contributed by atoms with Crippen molar-refractivity contribution in [2.45, 2.75) is 142 Å². The molecule has 2 saturated heterocycles. The van der Waals surface area contributed by atoms with Gasteiger partial charge in [0.25, 0.3) is 28.5 Å². The number of aromatic nitrogens is 12. The molecule has 3 saturated carbocycles. The summed E-state index contributed by atoms with van der Waals surface area (Å²) in [6.45, 7) is 10.2. The largest absolute Gasteiger partial charge is 0.502 e. The molecule has 3 aromatic carbocycles. The molecule has 3 atom stereocenters. The number of hydrogen-bond acceptors (Lipinski definition) is 20. The molecule has 9 heterocycles. The van der Waals surface area contributed by atoms with Gasteiger partial charge in [0, 0.05) is 65.2 Å². The fourth-order valence-electron chi connectivity index (χ4n) is 12.1. The van der Waals surface area contributed by atoms with E-state index in [1.165, 1.54) is 52.9 Å². The van der Waals surface area contributed by atoms with Gasteiger partial charge in [-0.05, 0) is 101 Å². The predicted octanol–water partition coefficient (Wildman–Crippen LogP) is 6.07. The molecule has 0 spiro atoms. The second-order valence-electron chi connectivity index (χ2n) is 23.8. The standard InChI is InChI=1S/2C21H22N6O4.C17H20N4O2.C5H5N3O.2C2H6/c2*1-26-18(19-24-13-7-2-3-8-14(13)27(19)12-5-4-6-12)25-16(17(29)21(26)31)20(30)23-11-9-15(28)22-10-11;1-10-14(22)17(23)20(2)15(18-10)16-19-12-8-3-4-9-13(12)21(16)11-6-5-7-11;9-4-8-5-1-6-3-7-2-5;2*1-2/h2*2-3,7-8,11-12,29H,4-6,9-10H2,1H3,(H,22,28)(H,23,30);3-4,8-9,11,16,19,22H,5-7H2,1-2H3;1-4H,(H,8,9);2*1-2H3. The topological polar surface area (TPSA) is 388 Å². The summed E-state index contributed by atoms with van der Waals surface area (Å²) < 4.78 is 8.00. The number of nitrogens with one attached hydrogen (secondary N) is 6. The van der Waals surface area contributed by atoms with Crippen molar-refractivity contribution in [1.82, 2.24) is 79.0 Å². The van der Waals surface area contributed by atoms with Crippen LogP contribution in [0.3, 0.4) is 0 Å². The number of aryl methyl sites for hydroxylation is 1. The summed E-state index contributed by atoms with van der Waals surface area (Å²) in [6.07, 6.45) is 14.8. The Labute approximate surface area is 562 Å². The average Bonchev–Trinajstić information content (AvgIpc) is 1.39. The van der Waals surface area contributed by atoms with Crippen LogP contribution in [-0.4, -0.2) is 134 Å². The highest BCUT2D eigenvalue weighted by atomic mass is 16.3.